The van der Waals surface area contributed by atoms with Gasteiger partial charge in [-0.05, 0) is 18.9 Å². The van der Waals surface area contributed by atoms with E-state index >= 15 is 0 Å². The molecule has 0 amide bonds. The molecule has 1 aliphatic rings. The summed E-state index contributed by atoms with van der Waals surface area (Å²) in [5, 5.41) is 4.58. The molecule has 7 nitrogen and oxygen atoms in total. The lowest BCUT2D eigenvalue weighted by molar-refractivity contribution is 0.395. The van der Waals surface area contributed by atoms with Gasteiger partial charge in [0.1, 0.15) is 0 Å². The van der Waals surface area contributed by atoms with Crippen LogP contribution in [0.2, 0.25) is 0 Å². The van der Waals surface area contributed by atoms with Gasteiger partial charge in [0.05, 0.1) is 25.4 Å². The average molecular weight is 343 g/mol. The fraction of sp³-hybridized carbons (Fsp3) is 0.556. The Labute approximate surface area is 147 Å². The summed E-state index contributed by atoms with van der Waals surface area (Å²) in [5.74, 6) is 1.18. The first-order chi connectivity index (χ1) is 11.9. The molecular formula is C18H25N5O2. The number of methoxy groups -OCH3 is 1. The van der Waals surface area contributed by atoms with Gasteiger partial charge in [0.2, 0.25) is 11.8 Å². The predicted octanol–water partition coefficient (Wildman–Crippen LogP) is 2.01. The number of aromatic nitrogens is 4. The quantitative estimate of drug-likeness (QED) is 0.845. The van der Waals surface area contributed by atoms with Gasteiger partial charge in [-0.2, -0.15) is 10.1 Å². The Kier molecular flexibility index (Phi) is 4.74. The lowest BCUT2D eigenvalue weighted by Crippen LogP contribution is -2.38. The summed E-state index contributed by atoms with van der Waals surface area (Å²) >= 11 is 0. The van der Waals surface area contributed by atoms with Gasteiger partial charge >= 0.3 is 0 Å². The highest BCUT2D eigenvalue weighted by Gasteiger charge is 2.28. The molecule has 0 N–H and O–H groups in total. The minimum atomic E-state index is -0.0965. The van der Waals surface area contributed by atoms with Gasteiger partial charge in [0, 0.05) is 30.3 Å². The summed E-state index contributed by atoms with van der Waals surface area (Å²) in [5.41, 5.74) is 0.737. The molecular weight excluding hydrogens is 318 g/mol. The van der Waals surface area contributed by atoms with Crippen molar-refractivity contribution in [3.8, 4) is 5.88 Å². The number of anilines is 1. The Bertz CT molecular complexity index is 797. The van der Waals surface area contributed by atoms with Crippen LogP contribution in [0.5, 0.6) is 5.88 Å². The van der Waals surface area contributed by atoms with Gasteiger partial charge < -0.3 is 9.64 Å². The molecule has 0 spiro atoms. The van der Waals surface area contributed by atoms with Crippen LogP contribution in [0.4, 0.5) is 5.95 Å². The zero-order valence-electron chi connectivity index (χ0n) is 15.3. The van der Waals surface area contributed by atoms with E-state index in [4.69, 9.17) is 4.74 Å². The molecule has 0 aliphatic carbocycles. The molecule has 0 bridgehead atoms. The number of rotatable bonds is 4. The highest BCUT2D eigenvalue weighted by molar-refractivity contribution is 5.35. The van der Waals surface area contributed by atoms with Crippen LogP contribution in [0.3, 0.4) is 0 Å². The SMILES string of the molecule is COc1ccnc(N2CCCC2Cn2nc(C(C)(C)C)ccc2=O)n1. The van der Waals surface area contributed by atoms with Crippen LogP contribution < -0.4 is 15.2 Å². The van der Waals surface area contributed by atoms with Crippen molar-refractivity contribution in [3.63, 3.8) is 0 Å². The maximum absolute atomic E-state index is 12.3. The maximum Gasteiger partial charge on any atom is 0.266 e. The zero-order chi connectivity index (χ0) is 18.0. The Balaban J connectivity index is 1.85. The van der Waals surface area contributed by atoms with E-state index < -0.39 is 0 Å². The second-order valence-electron chi connectivity index (χ2n) is 7.38. The van der Waals surface area contributed by atoms with Crippen molar-refractivity contribution in [2.45, 2.75) is 51.6 Å². The van der Waals surface area contributed by atoms with Crippen molar-refractivity contribution in [2.24, 2.45) is 0 Å². The molecule has 0 aromatic carbocycles. The third-order valence-electron chi connectivity index (χ3n) is 4.48. The Hall–Kier alpha value is -2.44. The minimum absolute atomic E-state index is 0.0774. The first-order valence-corrected chi connectivity index (χ1v) is 8.61. The van der Waals surface area contributed by atoms with Crippen LogP contribution in [-0.2, 0) is 12.0 Å². The lowest BCUT2D eigenvalue weighted by atomic mass is 9.92. The molecule has 0 radical (unpaired) electrons. The first kappa shape index (κ1) is 17.4. The van der Waals surface area contributed by atoms with E-state index in [0.29, 0.717) is 18.4 Å². The van der Waals surface area contributed by atoms with Crippen molar-refractivity contribution < 1.29 is 4.74 Å². The van der Waals surface area contributed by atoms with Crippen molar-refractivity contribution in [3.05, 3.63) is 40.4 Å². The number of nitrogens with zero attached hydrogens (tertiary/aromatic N) is 5. The van der Waals surface area contributed by atoms with Crippen LogP contribution in [0, 0.1) is 0 Å². The highest BCUT2D eigenvalue weighted by atomic mass is 16.5. The zero-order valence-corrected chi connectivity index (χ0v) is 15.3. The van der Waals surface area contributed by atoms with Crippen LogP contribution in [0.15, 0.2) is 29.2 Å². The summed E-state index contributed by atoms with van der Waals surface area (Å²) in [4.78, 5) is 23.2. The Morgan fingerprint density at radius 1 is 1.28 bits per heavy atom. The second-order valence-corrected chi connectivity index (χ2v) is 7.38. The molecule has 2 aromatic rings. The molecule has 3 rings (SSSR count). The predicted molar refractivity (Wildman–Crippen MR) is 96.1 cm³/mol. The van der Waals surface area contributed by atoms with Crippen LogP contribution in [-0.4, -0.2) is 39.4 Å². The number of hydrogen-bond donors (Lipinski definition) is 0. The molecule has 1 fully saturated rings. The third kappa shape index (κ3) is 3.81. The summed E-state index contributed by atoms with van der Waals surface area (Å²) in [6.07, 6.45) is 3.72. The summed E-state index contributed by atoms with van der Waals surface area (Å²) < 4.78 is 6.77. The van der Waals surface area contributed by atoms with Gasteiger partial charge in [-0.25, -0.2) is 9.67 Å². The number of hydrogen-bond acceptors (Lipinski definition) is 6. The van der Waals surface area contributed by atoms with Crippen LogP contribution in [0.1, 0.15) is 39.3 Å². The minimum Gasteiger partial charge on any atom is -0.481 e. The van der Waals surface area contributed by atoms with E-state index in [1.807, 2.05) is 6.07 Å². The fourth-order valence-electron chi connectivity index (χ4n) is 3.05. The Morgan fingerprint density at radius 2 is 2.08 bits per heavy atom. The topological polar surface area (TPSA) is 73.1 Å². The van der Waals surface area contributed by atoms with Crippen LogP contribution >= 0.6 is 0 Å². The summed E-state index contributed by atoms with van der Waals surface area (Å²) in [6.45, 7) is 7.68. The molecule has 25 heavy (non-hydrogen) atoms. The molecule has 1 unspecified atom stereocenters. The van der Waals surface area contributed by atoms with Crippen molar-refractivity contribution in [1.82, 2.24) is 19.7 Å². The van der Waals surface area contributed by atoms with E-state index in [0.717, 1.165) is 25.1 Å². The number of ether oxygens (including phenoxy) is 1. The summed E-state index contributed by atoms with van der Waals surface area (Å²) in [7, 11) is 1.59. The second kappa shape index (κ2) is 6.82. The normalized spacial score (nSPS) is 17.8. The largest absolute Gasteiger partial charge is 0.481 e. The van der Waals surface area contributed by atoms with E-state index in [1.54, 1.807) is 30.1 Å². The fourth-order valence-corrected chi connectivity index (χ4v) is 3.05. The van der Waals surface area contributed by atoms with Gasteiger partial charge in [-0.1, -0.05) is 20.8 Å². The average Bonchev–Trinajstić information content (AvgIpc) is 3.04. The van der Waals surface area contributed by atoms with E-state index in [-0.39, 0.29) is 17.0 Å². The monoisotopic (exact) mass is 343 g/mol. The van der Waals surface area contributed by atoms with E-state index in [9.17, 15) is 4.79 Å². The smallest absolute Gasteiger partial charge is 0.266 e. The molecule has 134 valence electrons. The van der Waals surface area contributed by atoms with Gasteiger partial charge in [0.15, 0.2) is 0 Å². The van der Waals surface area contributed by atoms with Crippen molar-refractivity contribution >= 4 is 5.95 Å². The molecule has 7 heteroatoms. The molecule has 3 heterocycles. The van der Waals surface area contributed by atoms with E-state index in [1.165, 1.54) is 0 Å². The maximum atomic E-state index is 12.3. The molecule has 1 atom stereocenters. The highest BCUT2D eigenvalue weighted by Crippen LogP contribution is 2.24. The Morgan fingerprint density at radius 3 is 2.80 bits per heavy atom. The van der Waals surface area contributed by atoms with E-state index in [2.05, 4.69) is 40.7 Å². The molecule has 1 aliphatic heterocycles. The lowest BCUT2D eigenvalue weighted by Gasteiger charge is -2.25. The standard InChI is InChI=1S/C18H25N5O2/c1-18(2,3)14-7-8-16(24)23(21-14)12-13-6-5-11-22(13)17-19-10-9-15(20-17)25-4/h7-10,13H,5-6,11-12H2,1-4H3. The molecule has 1 saturated heterocycles. The van der Waals surface area contributed by atoms with Crippen molar-refractivity contribution in [2.75, 3.05) is 18.6 Å². The summed E-state index contributed by atoms with van der Waals surface area (Å²) in [6, 6.07) is 5.30. The third-order valence-corrected chi connectivity index (χ3v) is 4.48. The molecule has 0 saturated carbocycles. The first-order valence-electron chi connectivity index (χ1n) is 8.61. The van der Waals surface area contributed by atoms with Gasteiger partial charge in [-0.15, -0.1) is 0 Å². The van der Waals surface area contributed by atoms with Crippen LogP contribution in [0.25, 0.3) is 0 Å². The van der Waals surface area contributed by atoms with Crippen molar-refractivity contribution in [1.29, 1.82) is 0 Å². The van der Waals surface area contributed by atoms with Gasteiger partial charge in [0.25, 0.3) is 5.56 Å². The molecule has 2 aromatic heterocycles. The van der Waals surface area contributed by atoms with Gasteiger partial charge in [-0.3, -0.25) is 4.79 Å².